The average molecular weight is 291 g/mol. The van der Waals surface area contributed by atoms with E-state index in [1.165, 1.54) is 0 Å². The van der Waals surface area contributed by atoms with Crippen LogP contribution in [0, 0.1) is 0 Å². The lowest BCUT2D eigenvalue weighted by Crippen LogP contribution is -2.46. The molecule has 0 spiro atoms. The molecular weight excluding hydrogens is 270 g/mol. The molecule has 0 radical (unpaired) electrons. The standard InChI is InChI=1S/C16H21NO4/c1-16(15(20)21,12-6-3-2-4-7-12)10-14(19)17-9-5-8-13(18)11-17/h2-4,6-7,13,18H,5,8-11H2,1H3,(H,20,21). The third-order valence-electron chi connectivity index (χ3n) is 4.14. The smallest absolute Gasteiger partial charge is 0.314 e. The van der Waals surface area contributed by atoms with Crippen molar-refractivity contribution in [1.29, 1.82) is 0 Å². The number of hydrogen-bond acceptors (Lipinski definition) is 3. The third-order valence-corrected chi connectivity index (χ3v) is 4.14. The van der Waals surface area contributed by atoms with Gasteiger partial charge in [-0.15, -0.1) is 0 Å². The number of piperidine rings is 1. The van der Waals surface area contributed by atoms with Gasteiger partial charge in [0.15, 0.2) is 0 Å². The number of aliphatic hydroxyl groups is 1. The first-order valence-corrected chi connectivity index (χ1v) is 7.18. The molecule has 0 saturated carbocycles. The van der Waals surface area contributed by atoms with Gasteiger partial charge in [-0.1, -0.05) is 30.3 Å². The van der Waals surface area contributed by atoms with Crippen molar-refractivity contribution < 1.29 is 19.8 Å². The molecule has 0 bridgehead atoms. The molecule has 114 valence electrons. The zero-order chi connectivity index (χ0) is 15.5. The number of amides is 1. The summed E-state index contributed by atoms with van der Waals surface area (Å²) in [4.78, 5) is 25.6. The van der Waals surface area contributed by atoms with Gasteiger partial charge in [-0.2, -0.15) is 0 Å². The summed E-state index contributed by atoms with van der Waals surface area (Å²) in [7, 11) is 0. The topological polar surface area (TPSA) is 77.8 Å². The van der Waals surface area contributed by atoms with E-state index in [0.717, 1.165) is 6.42 Å². The first-order valence-electron chi connectivity index (χ1n) is 7.18. The van der Waals surface area contributed by atoms with Crippen LogP contribution >= 0.6 is 0 Å². The number of carboxylic acid groups (broad SMARTS) is 1. The minimum atomic E-state index is -1.25. The van der Waals surface area contributed by atoms with Crippen molar-refractivity contribution >= 4 is 11.9 Å². The molecule has 0 aliphatic carbocycles. The molecule has 1 amide bonds. The van der Waals surface area contributed by atoms with E-state index >= 15 is 0 Å². The highest BCUT2D eigenvalue weighted by atomic mass is 16.4. The summed E-state index contributed by atoms with van der Waals surface area (Å²) in [5, 5.41) is 19.2. The van der Waals surface area contributed by atoms with E-state index in [9.17, 15) is 19.8 Å². The Kier molecular flexibility index (Phi) is 4.63. The maximum atomic E-state index is 12.4. The molecule has 1 aromatic carbocycles. The number of β-amino-alcohol motifs (C(OH)–C–C–N with tert-alkyl or cyclic N) is 1. The van der Waals surface area contributed by atoms with Gasteiger partial charge in [-0.3, -0.25) is 9.59 Å². The number of carboxylic acids is 1. The lowest BCUT2D eigenvalue weighted by Gasteiger charge is -2.33. The van der Waals surface area contributed by atoms with Gasteiger partial charge in [-0.25, -0.2) is 0 Å². The van der Waals surface area contributed by atoms with Crippen LogP contribution in [0.5, 0.6) is 0 Å². The van der Waals surface area contributed by atoms with Crippen molar-refractivity contribution in [1.82, 2.24) is 4.90 Å². The first-order chi connectivity index (χ1) is 9.93. The fourth-order valence-corrected chi connectivity index (χ4v) is 2.70. The molecule has 1 fully saturated rings. The molecule has 21 heavy (non-hydrogen) atoms. The van der Waals surface area contributed by atoms with E-state index in [1.807, 2.05) is 6.07 Å². The van der Waals surface area contributed by atoms with Crippen LogP contribution in [0.1, 0.15) is 31.7 Å². The minimum Gasteiger partial charge on any atom is -0.481 e. The normalized spacial score (nSPS) is 21.6. The molecule has 1 saturated heterocycles. The van der Waals surface area contributed by atoms with Crippen LogP contribution in [0.3, 0.4) is 0 Å². The van der Waals surface area contributed by atoms with Crippen molar-refractivity contribution in [2.45, 2.75) is 37.7 Å². The van der Waals surface area contributed by atoms with Gasteiger partial charge in [0.05, 0.1) is 11.5 Å². The Morgan fingerprint density at radius 1 is 1.33 bits per heavy atom. The highest BCUT2D eigenvalue weighted by Gasteiger charge is 2.39. The van der Waals surface area contributed by atoms with E-state index in [0.29, 0.717) is 25.1 Å². The fourth-order valence-electron chi connectivity index (χ4n) is 2.70. The Hall–Kier alpha value is -1.88. The van der Waals surface area contributed by atoms with Crippen molar-refractivity contribution in [3.8, 4) is 0 Å². The number of carbonyl (C=O) groups excluding carboxylic acids is 1. The van der Waals surface area contributed by atoms with Crippen LogP contribution in [-0.2, 0) is 15.0 Å². The molecule has 0 aromatic heterocycles. The summed E-state index contributed by atoms with van der Waals surface area (Å²) in [6, 6.07) is 8.81. The lowest BCUT2D eigenvalue weighted by molar-refractivity contribution is -0.148. The van der Waals surface area contributed by atoms with Crippen LogP contribution in [-0.4, -0.2) is 46.2 Å². The summed E-state index contributed by atoms with van der Waals surface area (Å²) in [5.74, 6) is -1.23. The quantitative estimate of drug-likeness (QED) is 0.879. The molecule has 5 nitrogen and oxygen atoms in total. The minimum absolute atomic E-state index is 0.0981. The molecule has 1 aliphatic heterocycles. The number of hydrogen-bond donors (Lipinski definition) is 2. The van der Waals surface area contributed by atoms with Gasteiger partial charge in [0.25, 0.3) is 0 Å². The second kappa shape index (κ2) is 6.26. The highest BCUT2D eigenvalue weighted by Crippen LogP contribution is 2.29. The fraction of sp³-hybridized carbons (Fsp3) is 0.500. The highest BCUT2D eigenvalue weighted by molar-refractivity contribution is 5.89. The Balaban J connectivity index is 2.17. The van der Waals surface area contributed by atoms with E-state index in [2.05, 4.69) is 0 Å². The van der Waals surface area contributed by atoms with Crippen molar-refractivity contribution in [2.24, 2.45) is 0 Å². The predicted molar refractivity (Wildman–Crippen MR) is 77.9 cm³/mol. The molecule has 2 atom stereocenters. The summed E-state index contributed by atoms with van der Waals surface area (Å²) >= 11 is 0. The molecule has 2 N–H and O–H groups in total. The van der Waals surface area contributed by atoms with E-state index in [-0.39, 0.29) is 12.3 Å². The molecule has 1 aliphatic rings. The number of nitrogens with zero attached hydrogens (tertiary/aromatic N) is 1. The van der Waals surface area contributed by atoms with Crippen LogP contribution in [0.25, 0.3) is 0 Å². The number of carbonyl (C=O) groups is 2. The van der Waals surface area contributed by atoms with E-state index < -0.39 is 17.5 Å². The summed E-state index contributed by atoms with van der Waals surface area (Å²) in [5.41, 5.74) is -0.635. The Morgan fingerprint density at radius 2 is 2.00 bits per heavy atom. The predicted octanol–water partition coefficient (Wildman–Crippen LogP) is 1.40. The third kappa shape index (κ3) is 3.42. The summed E-state index contributed by atoms with van der Waals surface area (Å²) in [6.45, 7) is 2.45. The zero-order valence-corrected chi connectivity index (χ0v) is 12.2. The van der Waals surface area contributed by atoms with Gasteiger partial charge in [0.1, 0.15) is 0 Å². The largest absolute Gasteiger partial charge is 0.481 e. The molecule has 1 aromatic rings. The molecule has 5 heteroatoms. The SMILES string of the molecule is CC(CC(=O)N1CCCC(O)C1)(C(=O)O)c1ccccc1. The maximum Gasteiger partial charge on any atom is 0.314 e. The van der Waals surface area contributed by atoms with Crippen LogP contribution in [0.15, 0.2) is 30.3 Å². The van der Waals surface area contributed by atoms with Crippen molar-refractivity contribution in [3.63, 3.8) is 0 Å². The maximum absolute atomic E-state index is 12.4. The van der Waals surface area contributed by atoms with E-state index in [4.69, 9.17) is 0 Å². The van der Waals surface area contributed by atoms with Gasteiger partial charge < -0.3 is 15.1 Å². The van der Waals surface area contributed by atoms with E-state index in [1.54, 1.807) is 36.1 Å². The number of benzene rings is 1. The Morgan fingerprint density at radius 3 is 2.57 bits per heavy atom. The van der Waals surface area contributed by atoms with Gasteiger partial charge >= 0.3 is 5.97 Å². The van der Waals surface area contributed by atoms with Crippen LogP contribution < -0.4 is 0 Å². The monoisotopic (exact) mass is 291 g/mol. The number of rotatable bonds is 4. The second-order valence-electron chi connectivity index (χ2n) is 5.82. The van der Waals surface area contributed by atoms with Crippen LogP contribution in [0.2, 0.25) is 0 Å². The van der Waals surface area contributed by atoms with Gasteiger partial charge in [-0.05, 0) is 25.3 Å². The second-order valence-corrected chi connectivity index (χ2v) is 5.82. The average Bonchev–Trinajstić information content (AvgIpc) is 2.47. The Bertz CT molecular complexity index is 516. The van der Waals surface area contributed by atoms with Crippen molar-refractivity contribution in [3.05, 3.63) is 35.9 Å². The van der Waals surface area contributed by atoms with Gasteiger partial charge in [0, 0.05) is 19.5 Å². The summed E-state index contributed by atoms with van der Waals surface area (Å²) < 4.78 is 0. The number of likely N-dealkylation sites (tertiary alicyclic amines) is 1. The number of aliphatic hydroxyl groups excluding tert-OH is 1. The molecular formula is C16H21NO4. The first kappa shape index (κ1) is 15.5. The van der Waals surface area contributed by atoms with Gasteiger partial charge in [0.2, 0.25) is 5.91 Å². The number of aliphatic carboxylic acids is 1. The Labute approximate surface area is 124 Å². The zero-order valence-electron chi connectivity index (χ0n) is 12.2. The molecule has 2 unspecified atom stereocenters. The molecule has 1 heterocycles. The van der Waals surface area contributed by atoms with Crippen molar-refractivity contribution in [2.75, 3.05) is 13.1 Å². The van der Waals surface area contributed by atoms with Crippen LogP contribution in [0.4, 0.5) is 0 Å². The molecule has 2 rings (SSSR count). The lowest BCUT2D eigenvalue weighted by atomic mass is 9.79. The summed E-state index contributed by atoms with van der Waals surface area (Å²) in [6.07, 6.45) is 0.843.